The quantitative estimate of drug-likeness (QED) is 0.702. The Morgan fingerprint density at radius 3 is 2.80 bits per heavy atom. The van der Waals surface area contributed by atoms with E-state index in [1.807, 2.05) is 0 Å². The second kappa shape index (κ2) is 4.54. The number of hydrogen-bond acceptors (Lipinski definition) is 6. The van der Waals surface area contributed by atoms with Gasteiger partial charge in [-0.1, -0.05) is 5.10 Å². The second-order valence-electron chi connectivity index (χ2n) is 3.74. The van der Waals surface area contributed by atoms with Crippen LogP contribution in [0, 0.1) is 0 Å². The number of nitrogen functional groups attached to an aromatic ring is 1. The van der Waals surface area contributed by atoms with Gasteiger partial charge < -0.3 is 10.5 Å². The van der Waals surface area contributed by atoms with Gasteiger partial charge in [0.05, 0.1) is 19.3 Å². The van der Waals surface area contributed by atoms with Gasteiger partial charge in [-0.2, -0.15) is 0 Å². The van der Waals surface area contributed by atoms with E-state index in [-0.39, 0.29) is 6.04 Å². The average molecular weight is 212 g/mol. The Bertz CT molecular complexity index is 308. The normalized spacial score (nSPS) is 20.3. The van der Waals surface area contributed by atoms with E-state index in [4.69, 9.17) is 10.5 Å². The third-order valence-corrected chi connectivity index (χ3v) is 2.56. The van der Waals surface area contributed by atoms with Crippen LogP contribution in [0.15, 0.2) is 0 Å². The molecule has 1 unspecified atom stereocenters. The highest BCUT2D eigenvalue weighted by molar-refractivity contribution is 5.11. The summed E-state index contributed by atoms with van der Waals surface area (Å²) in [5.41, 5.74) is 5.63. The summed E-state index contributed by atoms with van der Waals surface area (Å²) in [5, 5.41) is 11.1. The molecule has 0 aromatic carbocycles. The molecule has 1 aromatic rings. The average Bonchev–Trinajstić information content (AvgIpc) is 2.66. The lowest BCUT2D eigenvalue weighted by Gasteiger charge is -2.28. The molecule has 2 N–H and O–H groups in total. The molecule has 1 aliphatic heterocycles. The van der Waals surface area contributed by atoms with Crippen molar-refractivity contribution < 1.29 is 4.74 Å². The lowest BCUT2D eigenvalue weighted by atomic mass is 10.3. The fourth-order valence-corrected chi connectivity index (χ4v) is 1.75. The predicted molar refractivity (Wildman–Crippen MR) is 54.2 cm³/mol. The Hall–Kier alpha value is -1.21. The van der Waals surface area contributed by atoms with Gasteiger partial charge in [-0.05, 0) is 17.4 Å². The molecule has 1 aliphatic rings. The van der Waals surface area contributed by atoms with Crippen molar-refractivity contribution in [2.75, 3.05) is 38.6 Å². The molecule has 0 saturated carbocycles. The monoisotopic (exact) mass is 212 g/mol. The van der Waals surface area contributed by atoms with Crippen LogP contribution in [0.4, 0.5) is 5.95 Å². The Kier molecular flexibility index (Phi) is 3.12. The molecular weight excluding hydrogens is 196 g/mol. The molecule has 84 valence electrons. The molecule has 1 atom stereocenters. The van der Waals surface area contributed by atoms with Crippen LogP contribution in [-0.4, -0.2) is 58.0 Å². The van der Waals surface area contributed by atoms with Crippen LogP contribution in [0.25, 0.3) is 0 Å². The minimum atomic E-state index is 0.193. The Morgan fingerprint density at radius 1 is 1.47 bits per heavy atom. The predicted octanol–water partition coefficient (Wildman–Crippen LogP) is -0.851. The third-order valence-electron chi connectivity index (χ3n) is 2.56. The first-order valence-electron chi connectivity index (χ1n) is 5.11. The zero-order chi connectivity index (χ0) is 10.7. The van der Waals surface area contributed by atoms with Gasteiger partial charge >= 0.3 is 0 Å². The van der Waals surface area contributed by atoms with Crippen molar-refractivity contribution in [2.24, 2.45) is 0 Å². The van der Waals surface area contributed by atoms with E-state index in [0.29, 0.717) is 5.95 Å². The minimum absolute atomic E-state index is 0.193. The number of aromatic nitrogens is 4. The molecule has 0 amide bonds. The van der Waals surface area contributed by atoms with Gasteiger partial charge in [-0.3, -0.25) is 4.90 Å². The van der Waals surface area contributed by atoms with Crippen molar-refractivity contribution >= 4 is 5.95 Å². The summed E-state index contributed by atoms with van der Waals surface area (Å²) in [6, 6.07) is 0.193. The van der Waals surface area contributed by atoms with Crippen molar-refractivity contribution in [3.05, 3.63) is 0 Å². The maximum absolute atomic E-state index is 5.63. The van der Waals surface area contributed by atoms with Crippen LogP contribution < -0.4 is 5.73 Å². The zero-order valence-corrected chi connectivity index (χ0v) is 8.83. The van der Waals surface area contributed by atoms with Gasteiger partial charge in [0, 0.05) is 19.6 Å². The fraction of sp³-hybridized carbons (Fsp3) is 0.875. The standard InChI is InChI=1S/C8H16N6O/c1-7(14-8(9)10-11-12-14)6-13-2-4-15-5-3-13/h7H,2-6H2,1H3,(H2,9,10,12). The highest BCUT2D eigenvalue weighted by Gasteiger charge is 2.16. The van der Waals surface area contributed by atoms with Crippen LogP contribution in [0.3, 0.4) is 0 Å². The van der Waals surface area contributed by atoms with Crippen LogP contribution in [0.2, 0.25) is 0 Å². The molecule has 7 nitrogen and oxygen atoms in total. The maximum Gasteiger partial charge on any atom is 0.240 e. The van der Waals surface area contributed by atoms with Gasteiger partial charge in [0.1, 0.15) is 0 Å². The minimum Gasteiger partial charge on any atom is -0.379 e. The molecule has 1 fully saturated rings. The highest BCUT2D eigenvalue weighted by Crippen LogP contribution is 2.10. The van der Waals surface area contributed by atoms with Crippen LogP contribution in [0.1, 0.15) is 13.0 Å². The Balaban J connectivity index is 1.91. The SMILES string of the molecule is CC(CN1CCOCC1)n1nnnc1N. The first kappa shape index (κ1) is 10.3. The van der Waals surface area contributed by atoms with E-state index in [1.165, 1.54) is 0 Å². The number of morpholine rings is 1. The van der Waals surface area contributed by atoms with E-state index in [2.05, 4.69) is 27.3 Å². The van der Waals surface area contributed by atoms with Crippen molar-refractivity contribution in [1.82, 2.24) is 25.1 Å². The van der Waals surface area contributed by atoms with Crippen molar-refractivity contribution in [1.29, 1.82) is 0 Å². The molecule has 2 heterocycles. The van der Waals surface area contributed by atoms with E-state index in [9.17, 15) is 0 Å². The molecule has 0 aliphatic carbocycles. The van der Waals surface area contributed by atoms with E-state index < -0.39 is 0 Å². The van der Waals surface area contributed by atoms with Gasteiger partial charge in [0.2, 0.25) is 5.95 Å². The molecule has 1 saturated heterocycles. The van der Waals surface area contributed by atoms with Gasteiger partial charge in [0.15, 0.2) is 0 Å². The molecule has 15 heavy (non-hydrogen) atoms. The molecule has 0 spiro atoms. The van der Waals surface area contributed by atoms with E-state index >= 15 is 0 Å². The van der Waals surface area contributed by atoms with Crippen molar-refractivity contribution in [2.45, 2.75) is 13.0 Å². The number of anilines is 1. The summed E-state index contributed by atoms with van der Waals surface area (Å²) in [7, 11) is 0. The molecular formula is C8H16N6O. The Morgan fingerprint density at radius 2 is 2.20 bits per heavy atom. The summed E-state index contributed by atoms with van der Waals surface area (Å²) in [4.78, 5) is 2.33. The first-order chi connectivity index (χ1) is 7.27. The van der Waals surface area contributed by atoms with E-state index in [1.54, 1.807) is 4.68 Å². The van der Waals surface area contributed by atoms with Crippen LogP contribution in [0.5, 0.6) is 0 Å². The zero-order valence-electron chi connectivity index (χ0n) is 8.83. The number of hydrogen-bond donors (Lipinski definition) is 1. The molecule has 2 rings (SSSR count). The molecule has 1 aromatic heterocycles. The third kappa shape index (κ3) is 2.42. The first-order valence-corrected chi connectivity index (χ1v) is 5.11. The lowest BCUT2D eigenvalue weighted by molar-refractivity contribution is 0.0319. The van der Waals surface area contributed by atoms with Crippen LogP contribution >= 0.6 is 0 Å². The highest BCUT2D eigenvalue weighted by atomic mass is 16.5. The summed E-state index contributed by atoms with van der Waals surface area (Å²) < 4.78 is 6.93. The molecule has 7 heteroatoms. The van der Waals surface area contributed by atoms with Crippen LogP contribution in [-0.2, 0) is 4.74 Å². The van der Waals surface area contributed by atoms with E-state index in [0.717, 1.165) is 32.8 Å². The summed E-state index contributed by atoms with van der Waals surface area (Å²) in [6.07, 6.45) is 0. The number of nitrogens with two attached hydrogens (primary N) is 1. The second-order valence-corrected chi connectivity index (χ2v) is 3.74. The number of tetrazole rings is 1. The number of rotatable bonds is 3. The number of nitrogens with zero attached hydrogens (tertiary/aromatic N) is 5. The molecule has 0 bridgehead atoms. The molecule has 0 radical (unpaired) electrons. The topological polar surface area (TPSA) is 82.1 Å². The van der Waals surface area contributed by atoms with Gasteiger partial charge in [0.25, 0.3) is 0 Å². The number of ether oxygens (including phenoxy) is 1. The summed E-state index contributed by atoms with van der Waals surface area (Å²) in [6.45, 7) is 6.50. The maximum atomic E-state index is 5.63. The van der Waals surface area contributed by atoms with Crippen molar-refractivity contribution in [3.63, 3.8) is 0 Å². The Labute approximate surface area is 88.2 Å². The smallest absolute Gasteiger partial charge is 0.240 e. The fourth-order valence-electron chi connectivity index (χ4n) is 1.75. The van der Waals surface area contributed by atoms with Gasteiger partial charge in [-0.25, -0.2) is 4.68 Å². The largest absolute Gasteiger partial charge is 0.379 e. The van der Waals surface area contributed by atoms with Gasteiger partial charge in [-0.15, -0.1) is 0 Å². The summed E-state index contributed by atoms with van der Waals surface area (Å²) in [5.74, 6) is 0.371. The summed E-state index contributed by atoms with van der Waals surface area (Å²) >= 11 is 0. The van der Waals surface area contributed by atoms with Crippen molar-refractivity contribution in [3.8, 4) is 0 Å². The lowest BCUT2D eigenvalue weighted by Crippen LogP contribution is -2.39.